The molecule has 11 heavy (non-hydrogen) atoms. The molecule has 0 fully saturated rings. The van der Waals surface area contributed by atoms with E-state index in [4.69, 9.17) is 0 Å². The fourth-order valence-corrected chi connectivity index (χ4v) is 1.00. The van der Waals surface area contributed by atoms with Gasteiger partial charge in [0.05, 0.1) is 12.4 Å². The van der Waals surface area contributed by atoms with Gasteiger partial charge in [0, 0.05) is 0 Å². The van der Waals surface area contributed by atoms with Crippen LogP contribution in [0.4, 0.5) is 0 Å². The van der Waals surface area contributed by atoms with Gasteiger partial charge in [0.25, 0.3) is 0 Å². The number of nitrogens with zero attached hydrogens (tertiary/aromatic N) is 4. The lowest BCUT2D eigenvalue weighted by Gasteiger charge is -1.94. The Labute approximate surface area is 63.9 Å². The van der Waals surface area contributed by atoms with Crippen LogP contribution in [0.1, 0.15) is 11.6 Å². The average molecular weight is 148 g/mol. The molecule has 0 unspecified atom stereocenters. The summed E-state index contributed by atoms with van der Waals surface area (Å²) >= 11 is 0. The van der Waals surface area contributed by atoms with Crippen molar-refractivity contribution in [2.24, 2.45) is 0 Å². The lowest BCUT2D eigenvalue weighted by Crippen LogP contribution is -1.97. The van der Waals surface area contributed by atoms with Gasteiger partial charge < -0.3 is 0 Å². The van der Waals surface area contributed by atoms with Crippen molar-refractivity contribution < 1.29 is 0 Å². The fraction of sp³-hybridized carbons (Fsp3) is 0.286. The summed E-state index contributed by atoms with van der Waals surface area (Å²) in [7, 11) is 0. The van der Waals surface area contributed by atoms with Crippen molar-refractivity contribution in [1.29, 1.82) is 0 Å². The van der Waals surface area contributed by atoms with Crippen LogP contribution in [-0.4, -0.2) is 19.6 Å². The molecule has 4 nitrogen and oxygen atoms in total. The minimum absolute atomic E-state index is 0.763. The highest BCUT2D eigenvalue weighted by Crippen LogP contribution is 2.01. The summed E-state index contributed by atoms with van der Waals surface area (Å²) in [5.74, 6) is 1.66. The molecule has 4 heteroatoms. The second-order valence-corrected chi connectivity index (χ2v) is 2.45. The topological polar surface area (TPSA) is 43.1 Å². The van der Waals surface area contributed by atoms with E-state index in [9.17, 15) is 0 Å². The molecule has 2 rings (SSSR count). The first-order chi connectivity index (χ1) is 5.27. The molecular formula is C7H8N4. The number of rotatable bonds is 0. The maximum absolute atomic E-state index is 4.18. The van der Waals surface area contributed by atoms with Crippen molar-refractivity contribution in [2.45, 2.75) is 13.8 Å². The van der Waals surface area contributed by atoms with Gasteiger partial charge >= 0.3 is 0 Å². The summed E-state index contributed by atoms with van der Waals surface area (Å²) < 4.78 is 1.78. The molecule has 0 saturated heterocycles. The Morgan fingerprint density at radius 3 is 2.73 bits per heavy atom. The molecule has 0 aliphatic carbocycles. The zero-order chi connectivity index (χ0) is 7.84. The van der Waals surface area contributed by atoms with Gasteiger partial charge in [0.2, 0.25) is 0 Å². The number of hydrogen-bond acceptors (Lipinski definition) is 3. The Morgan fingerprint density at radius 1 is 1.18 bits per heavy atom. The van der Waals surface area contributed by atoms with E-state index in [0.29, 0.717) is 0 Å². The van der Waals surface area contributed by atoms with Crippen molar-refractivity contribution in [2.75, 3.05) is 0 Å². The van der Waals surface area contributed by atoms with Crippen LogP contribution in [0.15, 0.2) is 12.4 Å². The van der Waals surface area contributed by atoms with E-state index in [1.54, 1.807) is 16.9 Å². The number of hydrogen-bond donors (Lipinski definition) is 0. The van der Waals surface area contributed by atoms with Gasteiger partial charge in [-0.15, -0.1) is 0 Å². The molecule has 0 aliphatic rings. The van der Waals surface area contributed by atoms with Gasteiger partial charge in [0.1, 0.15) is 17.2 Å². The van der Waals surface area contributed by atoms with E-state index in [1.807, 2.05) is 13.8 Å². The predicted molar refractivity (Wildman–Crippen MR) is 40.3 cm³/mol. The predicted octanol–water partition coefficient (Wildman–Crippen LogP) is 0.741. The van der Waals surface area contributed by atoms with Crippen molar-refractivity contribution >= 4 is 5.52 Å². The standard InChI is InChI=1S/C7H8N4/c1-5-8-3-7-4-9-6(2)11(7)10-5/h3-4H,1-2H3. The van der Waals surface area contributed by atoms with E-state index in [1.165, 1.54) is 0 Å². The van der Waals surface area contributed by atoms with Gasteiger partial charge in [-0.3, -0.25) is 0 Å². The first-order valence-electron chi connectivity index (χ1n) is 3.41. The van der Waals surface area contributed by atoms with Crippen molar-refractivity contribution in [3.05, 3.63) is 24.0 Å². The van der Waals surface area contributed by atoms with Gasteiger partial charge in [-0.1, -0.05) is 0 Å². The molecule has 0 spiro atoms. The van der Waals surface area contributed by atoms with Crippen molar-refractivity contribution in [3.63, 3.8) is 0 Å². The van der Waals surface area contributed by atoms with Crippen molar-refractivity contribution in [3.8, 4) is 0 Å². The number of aromatic nitrogens is 4. The van der Waals surface area contributed by atoms with E-state index in [0.717, 1.165) is 17.2 Å². The summed E-state index contributed by atoms with van der Waals surface area (Å²) in [6.45, 7) is 3.78. The Bertz CT molecular complexity index is 390. The zero-order valence-electron chi connectivity index (χ0n) is 6.44. The molecule has 0 saturated carbocycles. The van der Waals surface area contributed by atoms with Gasteiger partial charge in [-0.2, -0.15) is 5.10 Å². The van der Waals surface area contributed by atoms with Crippen LogP contribution in [0.3, 0.4) is 0 Å². The average Bonchev–Trinajstić information content (AvgIpc) is 2.33. The van der Waals surface area contributed by atoms with Gasteiger partial charge in [0.15, 0.2) is 0 Å². The van der Waals surface area contributed by atoms with E-state index in [2.05, 4.69) is 15.1 Å². The van der Waals surface area contributed by atoms with Crippen LogP contribution in [0.2, 0.25) is 0 Å². The molecule has 2 aromatic rings. The minimum Gasteiger partial charge on any atom is -0.239 e. The lowest BCUT2D eigenvalue weighted by atomic mass is 10.6. The highest BCUT2D eigenvalue weighted by Gasteiger charge is 1.98. The van der Waals surface area contributed by atoms with E-state index >= 15 is 0 Å². The zero-order valence-corrected chi connectivity index (χ0v) is 6.44. The SMILES string of the molecule is Cc1ncc2cnc(C)n2n1. The molecule has 0 aliphatic heterocycles. The molecule has 0 atom stereocenters. The molecule has 56 valence electrons. The summed E-state index contributed by atoms with van der Waals surface area (Å²) in [6, 6.07) is 0. The number of aryl methyl sites for hydroxylation is 2. The smallest absolute Gasteiger partial charge is 0.146 e. The Hall–Kier alpha value is -1.45. The first-order valence-corrected chi connectivity index (χ1v) is 3.41. The van der Waals surface area contributed by atoms with Crippen LogP contribution < -0.4 is 0 Å². The highest BCUT2D eigenvalue weighted by atomic mass is 15.3. The van der Waals surface area contributed by atoms with Crippen LogP contribution >= 0.6 is 0 Å². The minimum atomic E-state index is 0.763. The molecule has 2 heterocycles. The molecule has 0 aromatic carbocycles. The van der Waals surface area contributed by atoms with Gasteiger partial charge in [-0.05, 0) is 13.8 Å². The number of fused-ring (bicyclic) bond motifs is 1. The molecule has 0 amide bonds. The molecule has 0 bridgehead atoms. The van der Waals surface area contributed by atoms with Crippen LogP contribution in [0.5, 0.6) is 0 Å². The second kappa shape index (κ2) is 2.02. The van der Waals surface area contributed by atoms with Crippen LogP contribution in [0.25, 0.3) is 5.52 Å². The second-order valence-electron chi connectivity index (χ2n) is 2.45. The monoisotopic (exact) mass is 148 g/mol. The Kier molecular flexibility index (Phi) is 1.15. The quantitative estimate of drug-likeness (QED) is 0.553. The van der Waals surface area contributed by atoms with Gasteiger partial charge in [-0.25, -0.2) is 14.5 Å². The number of imidazole rings is 1. The highest BCUT2D eigenvalue weighted by molar-refractivity contribution is 5.41. The first kappa shape index (κ1) is 6.27. The van der Waals surface area contributed by atoms with E-state index < -0.39 is 0 Å². The Balaban J connectivity index is 2.87. The van der Waals surface area contributed by atoms with E-state index in [-0.39, 0.29) is 0 Å². The molecule has 0 N–H and O–H groups in total. The lowest BCUT2D eigenvalue weighted by molar-refractivity contribution is 0.817. The summed E-state index contributed by atoms with van der Waals surface area (Å²) in [4.78, 5) is 8.15. The fourth-order valence-electron chi connectivity index (χ4n) is 1.00. The summed E-state index contributed by atoms with van der Waals surface area (Å²) in [5.41, 5.74) is 0.938. The third-order valence-electron chi connectivity index (χ3n) is 1.56. The third-order valence-corrected chi connectivity index (χ3v) is 1.56. The maximum Gasteiger partial charge on any atom is 0.146 e. The summed E-state index contributed by atoms with van der Waals surface area (Å²) in [5, 5.41) is 4.18. The molecule has 2 aromatic heterocycles. The van der Waals surface area contributed by atoms with Crippen LogP contribution in [0, 0.1) is 13.8 Å². The molecular weight excluding hydrogens is 140 g/mol. The molecule has 0 radical (unpaired) electrons. The largest absolute Gasteiger partial charge is 0.239 e. The summed E-state index contributed by atoms with van der Waals surface area (Å²) in [6.07, 6.45) is 3.52. The third kappa shape index (κ3) is 0.869. The van der Waals surface area contributed by atoms with Crippen LogP contribution in [-0.2, 0) is 0 Å². The van der Waals surface area contributed by atoms with Crippen molar-refractivity contribution in [1.82, 2.24) is 19.6 Å². The maximum atomic E-state index is 4.18. The normalized spacial score (nSPS) is 10.7. The Morgan fingerprint density at radius 2 is 1.91 bits per heavy atom.